The maximum absolute atomic E-state index is 6.15. The van der Waals surface area contributed by atoms with Gasteiger partial charge in [0.15, 0.2) is 0 Å². The van der Waals surface area contributed by atoms with Crippen LogP contribution in [0.2, 0.25) is 0 Å². The van der Waals surface area contributed by atoms with E-state index in [-0.39, 0.29) is 5.54 Å². The van der Waals surface area contributed by atoms with Gasteiger partial charge in [0.25, 0.3) is 0 Å². The number of ether oxygens (including phenoxy) is 1. The molecular weight excluding hydrogens is 262 g/mol. The van der Waals surface area contributed by atoms with Crippen LogP contribution in [0.5, 0.6) is 0 Å². The third kappa shape index (κ3) is 6.12. The monoisotopic (exact) mass is 291 g/mol. The molecule has 4 nitrogen and oxygen atoms in total. The number of rotatable bonds is 6. The topological polar surface area (TPSA) is 37.4 Å². The van der Waals surface area contributed by atoms with Crippen LogP contribution in [-0.2, 0) is 11.3 Å². The molecule has 1 saturated heterocycles. The summed E-state index contributed by atoms with van der Waals surface area (Å²) in [6.07, 6.45) is 6.76. The molecule has 2 heterocycles. The fraction of sp³-hybridized carbons (Fsp3) is 0.706. The van der Waals surface area contributed by atoms with E-state index in [1.54, 1.807) is 0 Å². The first-order valence-corrected chi connectivity index (χ1v) is 7.90. The lowest BCUT2D eigenvalue weighted by Crippen LogP contribution is -2.41. The Hall–Kier alpha value is -0.970. The Labute approximate surface area is 128 Å². The predicted molar refractivity (Wildman–Crippen MR) is 86.2 cm³/mol. The lowest BCUT2D eigenvalue weighted by Gasteiger charge is -2.24. The van der Waals surface area contributed by atoms with Gasteiger partial charge in [-0.2, -0.15) is 0 Å². The second-order valence-electron chi connectivity index (χ2n) is 7.14. The Morgan fingerprint density at radius 2 is 1.90 bits per heavy atom. The Morgan fingerprint density at radius 3 is 2.57 bits per heavy atom. The highest BCUT2D eigenvalue weighted by molar-refractivity contribution is 5.09. The molecule has 1 fully saturated rings. The molecule has 1 aliphatic rings. The molecule has 0 amide bonds. The smallest absolute Gasteiger partial charge is 0.0707 e. The van der Waals surface area contributed by atoms with Crippen molar-refractivity contribution in [2.45, 2.75) is 57.9 Å². The van der Waals surface area contributed by atoms with E-state index in [9.17, 15) is 0 Å². The number of aromatic nitrogens is 1. The van der Waals surface area contributed by atoms with Gasteiger partial charge in [-0.3, -0.25) is 9.88 Å². The SMILES string of the molecule is CN(Cc1ccncc1)CC1CCC(CNC(C)(C)C)O1. The summed E-state index contributed by atoms with van der Waals surface area (Å²) in [5.41, 5.74) is 1.47. The van der Waals surface area contributed by atoms with Crippen LogP contribution in [0.3, 0.4) is 0 Å². The largest absolute Gasteiger partial charge is 0.372 e. The summed E-state index contributed by atoms with van der Waals surface area (Å²) >= 11 is 0. The summed E-state index contributed by atoms with van der Waals surface area (Å²) < 4.78 is 6.15. The lowest BCUT2D eigenvalue weighted by atomic mass is 10.1. The molecule has 0 aromatic carbocycles. The van der Waals surface area contributed by atoms with Gasteiger partial charge in [-0.25, -0.2) is 0 Å². The molecule has 2 rings (SSSR count). The number of pyridine rings is 1. The molecule has 1 aromatic rings. The Morgan fingerprint density at radius 1 is 1.24 bits per heavy atom. The summed E-state index contributed by atoms with van der Waals surface area (Å²) in [6, 6.07) is 4.14. The van der Waals surface area contributed by atoms with E-state index in [1.165, 1.54) is 5.56 Å². The van der Waals surface area contributed by atoms with Gasteiger partial charge in [-0.05, 0) is 58.4 Å². The minimum atomic E-state index is 0.166. The lowest BCUT2D eigenvalue weighted by molar-refractivity contribution is 0.0241. The molecule has 21 heavy (non-hydrogen) atoms. The van der Waals surface area contributed by atoms with Crippen LogP contribution < -0.4 is 5.32 Å². The van der Waals surface area contributed by atoms with Crippen LogP contribution in [0.25, 0.3) is 0 Å². The van der Waals surface area contributed by atoms with E-state index in [4.69, 9.17) is 4.74 Å². The zero-order valence-corrected chi connectivity index (χ0v) is 13.8. The summed E-state index contributed by atoms with van der Waals surface area (Å²) in [6.45, 7) is 9.49. The summed E-state index contributed by atoms with van der Waals surface area (Å²) in [4.78, 5) is 6.39. The van der Waals surface area contributed by atoms with Crippen LogP contribution in [0.1, 0.15) is 39.2 Å². The van der Waals surface area contributed by atoms with Gasteiger partial charge in [0, 0.05) is 37.6 Å². The highest BCUT2D eigenvalue weighted by Crippen LogP contribution is 2.21. The standard InChI is InChI=1S/C17H29N3O/c1-17(2,3)19-11-15-5-6-16(21-15)13-20(4)12-14-7-9-18-10-8-14/h7-10,15-16,19H,5-6,11-13H2,1-4H3. The third-order valence-corrected chi connectivity index (χ3v) is 3.77. The Kier molecular flexibility index (Phi) is 5.73. The minimum absolute atomic E-state index is 0.166. The molecule has 2 unspecified atom stereocenters. The zero-order valence-electron chi connectivity index (χ0n) is 13.8. The fourth-order valence-electron chi connectivity index (χ4n) is 2.70. The van der Waals surface area contributed by atoms with Crippen LogP contribution in [0.4, 0.5) is 0 Å². The first-order chi connectivity index (χ1) is 9.92. The van der Waals surface area contributed by atoms with Crippen molar-refractivity contribution >= 4 is 0 Å². The van der Waals surface area contributed by atoms with Gasteiger partial charge in [0.2, 0.25) is 0 Å². The van der Waals surface area contributed by atoms with Crippen molar-refractivity contribution < 1.29 is 4.74 Å². The van der Waals surface area contributed by atoms with Gasteiger partial charge < -0.3 is 10.1 Å². The summed E-state index contributed by atoms with van der Waals surface area (Å²) in [5.74, 6) is 0. The zero-order chi connectivity index (χ0) is 15.3. The van der Waals surface area contributed by atoms with Crippen LogP contribution in [0, 0.1) is 0 Å². The maximum atomic E-state index is 6.15. The van der Waals surface area contributed by atoms with E-state index < -0.39 is 0 Å². The number of hydrogen-bond acceptors (Lipinski definition) is 4. The molecule has 1 N–H and O–H groups in total. The molecule has 4 heteroatoms. The minimum Gasteiger partial charge on any atom is -0.372 e. The second kappa shape index (κ2) is 7.34. The molecule has 0 aliphatic carbocycles. The van der Waals surface area contributed by atoms with E-state index >= 15 is 0 Å². The van der Waals surface area contributed by atoms with Crippen molar-refractivity contribution in [2.24, 2.45) is 0 Å². The highest BCUT2D eigenvalue weighted by Gasteiger charge is 2.26. The fourth-order valence-corrected chi connectivity index (χ4v) is 2.70. The van der Waals surface area contributed by atoms with Gasteiger partial charge in [0.1, 0.15) is 0 Å². The number of likely N-dealkylation sites (N-methyl/N-ethyl adjacent to an activating group) is 1. The predicted octanol–water partition coefficient (Wildman–Crippen LogP) is 2.45. The number of nitrogens with zero attached hydrogens (tertiary/aromatic N) is 2. The summed E-state index contributed by atoms with van der Waals surface area (Å²) in [7, 11) is 2.16. The molecule has 0 saturated carbocycles. The summed E-state index contributed by atoms with van der Waals surface area (Å²) in [5, 5.41) is 3.53. The maximum Gasteiger partial charge on any atom is 0.0707 e. The first-order valence-electron chi connectivity index (χ1n) is 7.90. The van der Waals surface area contributed by atoms with Gasteiger partial charge in [-0.1, -0.05) is 0 Å². The Balaban J connectivity index is 1.70. The van der Waals surface area contributed by atoms with Gasteiger partial charge >= 0.3 is 0 Å². The number of hydrogen-bond donors (Lipinski definition) is 1. The Bertz CT molecular complexity index is 416. The van der Waals surface area contributed by atoms with E-state index in [2.05, 4.69) is 55.2 Å². The molecule has 0 spiro atoms. The van der Waals surface area contributed by atoms with E-state index in [0.717, 1.165) is 32.5 Å². The molecule has 1 aliphatic heterocycles. The van der Waals surface area contributed by atoms with Crippen molar-refractivity contribution in [2.75, 3.05) is 20.1 Å². The molecule has 118 valence electrons. The average Bonchev–Trinajstić information content (AvgIpc) is 2.84. The average molecular weight is 291 g/mol. The van der Waals surface area contributed by atoms with Crippen molar-refractivity contribution in [3.63, 3.8) is 0 Å². The number of nitrogens with one attached hydrogen (secondary N) is 1. The van der Waals surface area contributed by atoms with Crippen LogP contribution in [-0.4, -0.2) is 47.8 Å². The van der Waals surface area contributed by atoms with Crippen molar-refractivity contribution in [3.8, 4) is 0 Å². The second-order valence-corrected chi connectivity index (χ2v) is 7.14. The molecule has 2 atom stereocenters. The first kappa shape index (κ1) is 16.4. The highest BCUT2D eigenvalue weighted by atomic mass is 16.5. The van der Waals surface area contributed by atoms with Crippen LogP contribution >= 0.6 is 0 Å². The van der Waals surface area contributed by atoms with E-state index in [1.807, 2.05) is 12.4 Å². The molecule has 1 aromatic heterocycles. The molecule has 0 bridgehead atoms. The van der Waals surface area contributed by atoms with E-state index in [0.29, 0.717) is 12.2 Å². The molecule has 0 radical (unpaired) electrons. The van der Waals surface area contributed by atoms with Crippen molar-refractivity contribution in [3.05, 3.63) is 30.1 Å². The normalized spacial score (nSPS) is 22.9. The van der Waals surface area contributed by atoms with Crippen molar-refractivity contribution in [1.82, 2.24) is 15.2 Å². The van der Waals surface area contributed by atoms with Gasteiger partial charge in [0.05, 0.1) is 12.2 Å². The van der Waals surface area contributed by atoms with Gasteiger partial charge in [-0.15, -0.1) is 0 Å². The third-order valence-electron chi connectivity index (χ3n) is 3.77. The van der Waals surface area contributed by atoms with Crippen LogP contribution in [0.15, 0.2) is 24.5 Å². The molecular formula is C17H29N3O. The quantitative estimate of drug-likeness (QED) is 0.873. The van der Waals surface area contributed by atoms with Crippen molar-refractivity contribution in [1.29, 1.82) is 0 Å².